The summed E-state index contributed by atoms with van der Waals surface area (Å²) in [6, 6.07) is 4.16. The van der Waals surface area contributed by atoms with Crippen LogP contribution in [0.3, 0.4) is 0 Å². The normalized spacial score (nSPS) is 9.25. The Morgan fingerprint density at radius 1 is 1.50 bits per heavy atom. The molecule has 16 heavy (non-hydrogen) atoms. The first-order valence-corrected chi connectivity index (χ1v) is 4.57. The smallest absolute Gasteiger partial charge is 0.273 e. The van der Waals surface area contributed by atoms with Gasteiger partial charge >= 0.3 is 0 Å². The van der Waals surface area contributed by atoms with Crippen LogP contribution in [0.15, 0.2) is 18.2 Å². The molecule has 0 aliphatic carbocycles. The van der Waals surface area contributed by atoms with Crippen LogP contribution in [-0.2, 0) is 0 Å². The summed E-state index contributed by atoms with van der Waals surface area (Å²) in [6.45, 7) is 0.300. The minimum atomic E-state index is -0.493. The number of rotatable bonds is 5. The first-order valence-electron chi connectivity index (χ1n) is 4.57. The number of benzene rings is 1. The van der Waals surface area contributed by atoms with E-state index < -0.39 is 4.92 Å². The molecule has 0 aromatic heterocycles. The summed E-state index contributed by atoms with van der Waals surface area (Å²) < 4.78 is 10.3. The van der Waals surface area contributed by atoms with Crippen molar-refractivity contribution in [3.63, 3.8) is 0 Å². The van der Waals surface area contributed by atoms with Crippen LogP contribution in [0, 0.1) is 22.5 Å². The molecule has 0 aliphatic rings. The Labute approximate surface area is 93.1 Å². The second kappa shape index (κ2) is 5.61. The molecule has 0 unspecified atom stereocenters. The molecule has 5 nitrogen and oxygen atoms in total. The van der Waals surface area contributed by atoms with E-state index in [-0.39, 0.29) is 5.69 Å². The fourth-order valence-corrected chi connectivity index (χ4v) is 1.11. The Morgan fingerprint density at radius 2 is 2.25 bits per heavy atom. The number of nitro groups is 1. The van der Waals surface area contributed by atoms with E-state index in [1.807, 2.05) is 0 Å². The summed E-state index contributed by atoms with van der Waals surface area (Å²) >= 11 is 0. The van der Waals surface area contributed by atoms with Crippen molar-refractivity contribution in [1.29, 1.82) is 0 Å². The maximum atomic E-state index is 10.6. The maximum Gasteiger partial charge on any atom is 0.273 e. The molecule has 0 saturated carbocycles. The van der Waals surface area contributed by atoms with Gasteiger partial charge in [-0.15, -0.1) is 12.3 Å². The zero-order valence-electron chi connectivity index (χ0n) is 8.80. The first kappa shape index (κ1) is 11.9. The van der Waals surface area contributed by atoms with Gasteiger partial charge in [-0.2, -0.15) is 0 Å². The minimum Gasteiger partial charge on any atom is -0.493 e. The summed E-state index contributed by atoms with van der Waals surface area (Å²) in [5.74, 6) is 3.19. The van der Waals surface area contributed by atoms with Gasteiger partial charge in [-0.05, 0) is 6.07 Å². The number of hydrogen-bond acceptors (Lipinski definition) is 4. The van der Waals surface area contributed by atoms with Crippen LogP contribution in [0.25, 0.3) is 0 Å². The maximum absolute atomic E-state index is 10.6. The van der Waals surface area contributed by atoms with Crippen LogP contribution in [0.1, 0.15) is 6.42 Å². The molecule has 0 heterocycles. The average Bonchev–Trinajstić information content (AvgIpc) is 2.29. The van der Waals surface area contributed by atoms with E-state index in [2.05, 4.69) is 5.92 Å². The van der Waals surface area contributed by atoms with Gasteiger partial charge in [-0.25, -0.2) is 0 Å². The number of ether oxygens (including phenoxy) is 2. The van der Waals surface area contributed by atoms with Crippen molar-refractivity contribution in [2.75, 3.05) is 13.7 Å². The lowest BCUT2D eigenvalue weighted by Gasteiger charge is -2.08. The number of non-ortho nitro benzene ring substituents is 1. The van der Waals surface area contributed by atoms with Gasteiger partial charge in [-0.3, -0.25) is 10.1 Å². The minimum absolute atomic E-state index is 0.0449. The van der Waals surface area contributed by atoms with Crippen LogP contribution < -0.4 is 9.47 Å². The van der Waals surface area contributed by atoms with Crippen LogP contribution in [0.2, 0.25) is 0 Å². The predicted octanol–water partition coefficient (Wildman–Crippen LogP) is 2.01. The molecule has 0 bridgehead atoms. The Hall–Kier alpha value is -2.22. The molecule has 1 aromatic rings. The highest BCUT2D eigenvalue weighted by Gasteiger charge is 2.11. The molecular weight excluding hydrogens is 210 g/mol. The molecule has 1 rings (SSSR count). The lowest BCUT2D eigenvalue weighted by molar-refractivity contribution is -0.385. The van der Waals surface area contributed by atoms with Crippen molar-refractivity contribution in [1.82, 2.24) is 0 Å². The summed E-state index contributed by atoms with van der Waals surface area (Å²) in [7, 11) is 1.47. The monoisotopic (exact) mass is 221 g/mol. The summed E-state index contributed by atoms with van der Waals surface area (Å²) in [6.07, 6.45) is 5.51. The lowest BCUT2D eigenvalue weighted by Crippen LogP contribution is -1.99. The van der Waals surface area contributed by atoms with E-state index >= 15 is 0 Å². The standard InChI is InChI=1S/C11H11NO4/c1-3-4-7-16-11-8-9(12(13)14)5-6-10(11)15-2/h1,5-6,8H,4,7H2,2H3. The second-order valence-electron chi connectivity index (χ2n) is 2.89. The van der Waals surface area contributed by atoms with Crippen molar-refractivity contribution in [2.24, 2.45) is 0 Å². The van der Waals surface area contributed by atoms with Crippen molar-refractivity contribution < 1.29 is 14.4 Å². The molecule has 0 atom stereocenters. The number of nitro benzene ring substituents is 1. The molecule has 1 aromatic carbocycles. The van der Waals surface area contributed by atoms with Gasteiger partial charge < -0.3 is 9.47 Å². The first-order chi connectivity index (χ1) is 7.69. The fraction of sp³-hybridized carbons (Fsp3) is 0.273. The molecular formula is C11H11NO4. The van der Waals surface area contributed by atoms with Gasteiger partial charge in [0.15, 0.2) is 11.5 Å². The summed E-state index contributed by atoms with van der Waals surface area (Å²) in [5, 5.41) is 10.6. The number of hydrogen-bond donors (Lipinski definition) is 0. The topological polar surface area (TPSA) is 61.6 Å². The van der Waals surface area contributed by atoms with Gasteiger partial charge in [0.05, 0.1) is 24.7 Å². The van der Waals surface area contributed by atoms with E-state index in [1.54, 1.807) is 0 Å². The molecule has 0 N–H and O–H groups in total. The van der Waals surface area contributed by atoms with Gasteiger partial charge in [-0.1, -0.05) is 0 Å². The molecule has 0 amide bonds. The van der Waals surface area contributed by atoms with E-state index in [4.69, 9.17) is 15.9 Å². The Balaban J connectivity index is 2.89. The zero-order valence-corrected chi connectivity index (χ0v) is 8.80. The molecule has 0 aliphatic heterocycles. The van der Waals surface area contributed by atoms with Crippen LogP contribution in [0.5, 0.6) is 11.5 Å². The summed E-state index contributed by atoms with van der Waals surface area (Å²) in [5.41, 5.74) is -0.0449. The number of methoxy groups -OCH3 is 1. The third-order valence-corrected chi connectivity index (χ3v) is 1.86. The van der Waals surface area contributed by atoms with Gasteiger partial charge in [0.25, 0.3) is 5.69 Å². The largest absolute Gasteiger partial charge is 0.493 e. The quantitative estimate of drug-likeness (QED) is 0.330. The number of terminal acetylenes is 1. The van der Waals surface area contributed by atoms with Gasteiger partial charge in [0.2, 0.25) is 0 Å². The highest BCUT2D eigenvalue weighted by molar-refractivity contribution is 5.48. The molecule has 5 heteroatoms. The van der Waals surface area contributed by atoms with E-state index in [9.17, 15) is 10.1 Å². The van der Waals surface area contributed by atoms with Crippen molar-refractivity contribution in [3.05, 3.63) is 28.3 Å². The Morgan fingerprint density at radius 3 is 2.81 bits per heavy atom. The zero-order chi connectivity index (χ0) is 12.0. The second-order valence-corrected chi connectivity index (χ2v) is 2.89. The molecule has 0 saturated heterocycles. The molecule has 84 valence electrons. The van der Waals surface area contributed by atoms with Crippen LogP contribution >= 0.6 is 0 Å². The third kappa shape index (κ3) is 2.89. The number of nitrogens with zero attached hydrogens (tertiary/aromatic N) is 1. The molecule has 0 spiro atoms. The third-order valence-electron chi connectivity index (χ3n) is 1.86. The van der Waals surface area contributed by atoms with Crippen LogP contribution in [-0.4, -0.2) is 18.6 Å². The molecule has 0 radical (unpaired) electrons. The van der Waals surface area contributed by atoms with Crippen molar-refractivity contribution in [2.45, 2.75) is 6.42 Å². The summed E-state index contributed by atoms with van der Waals surface area (Å²) in [4.78, 5) is 10.1. The average molecular weight is 221 g/mol. The van der Waals surface area contributed by atoms with E-state index in [0.717, 1.165) is 0 Å². The van der Waals surface area contributed by atoms with Gasteiger partial charge in [0.1, 0.15) is 0 Å². The molecule has 0 fully saturated rings. The van der Waals surface area contributed by atoms with Crippen molar-refractivity contribution >= 4 is 5.69 Å². The highest BCUT2D eigenvalue weighted by Crippen LogP contribution is 2.31. The Kier molecular flexibility index (Phi) is 4.16. The predicted molar refractivity (Wildman–Crippen MR) is 58.6 cm³/mol. The fourth-order valence-electron chi connectivity index (χ4n) is 1.11. The van der Waals surface area contributed by atoms with Crippen molar-refractivity contribution in [3.8, 4) is 23.8 Å². The van der Waals surface area contributed by atoms with E-state index in [1.165, 1.54) is 25.3 Å². The van der Waals surface area contributed by atoms with Gasteiger partial charge in [0, 0.05) is 12.5 Å². The lowest BCUT2D eigenvalue weighted by atomic mass is 10.3. The highest BCUT2D eigenvalue weighted by atomic mass is 16.6. The Bertz CT molecular complexity index is 422. The SMILES string of the molecule is C#CCCOc1cc([N+](=O)[O-])ccc1OC. The van der Waals surface area contributed by atoms with Crippen LogP contribution in [0.4, 0.5) is 5.69 Å². The van der Waals surface area contributed by atoms with E-state index in [0.29, 0.717) is 24.5 Å².